The van der Waals surface area contributed by atoms with Crippen molar-refractivity contribution in [1.82, 2.24) is 15.6 Å². The lowest BCUT2D eigenvalue weighted by molar-refractivity contribution is -0.117. The van der Waals surface area contributed by atoms with Crippen molar-refractivity contribution >= 4 is 41.5 Å². The summed E-state index contributed by atoms with van der Waals surface area (Å²) in [7, 11) is 0. The average molecular weight is 545 g/mol. The van der Waals surface area contributed by atoms with E-state index in [1.807, 2.05) is 66.4 Å². The molecular weight excluding hydrogens is 517 g/mol. The monoisotopic (exact) mass is 545 g/mol. The van der Waals surface area contributed by atoms with Gasteiger partial charge in [0.2, 0.25) is 11.8 Å². The van der Waals surface area contributed by atoms with Crippen LogP contribution in [0.15, 0.2) is 70.3 Å². The Hall–Kier alpha value is -2.88. The van der Waals surface area contributed by atoms with Crippen molar-refractivity contribution in [3.05, 3.63) is 72.1 Å². The minimum absolute atomic E-state index is 0. The number of benzene rings is 2. The molecule has 0 spiro atoms. The van der Waals surface area contributed by atoms with E-state index in [0.29, 0.717) is 31.4 Å². The van der Waals surface area contributed by atoms with Crippen LogP contribution < -0.4 is 15.5 Å². The van der Waals surface area contributed by atoms with Gasteiger partial charge < -0.3 is 20.0 Å². The number of aromatic nitrogens is 1. The first-order valence-corrected chi connectivity index (χ1v) is 10.6. The van der Waals surface area contributed by atoms with Crippen LogP contribution >= 0.6 is 24.0 Å². The van der Waals surface area contributed by atoms with Crippen molar-refractivity contribution in [3.63, 3.8) is 0 Å². The lowest BCUT2D eigenvalue weighted by Gasteiger charge is -2.15. The molecule has 1 saturated heterocycles. The highest BCUT2D eigenvalue weighted by atomic mass is 127. The van der Waals surface area contributed by atoms with E-state index in [1.165, 1.54) is 0 Å². The van der Waals surface area contributed by atoms with E-state index in [1.54, 1.807) is 6.26 Å². The zero-order valence-corrected chi connectivity index (χ0v) is 20.4. The normalized spacial score (nSPS) is 13.7. The van der Waals surface area contributed by atoms with E-state index >= 15 is 0 Å². The average Bonchev–Trinajstić information content (AvgIpc) is 3.46. The van der Waals surface area contributed by atoms with Crippen molar-refractivity contribution in [3.8, 4) is 11.5 Å². The number of hydrogen-bond acceptors (Lipinski definition) is 4. The van der Waals surface area contributed by atoms with Gasteiger partial charge in [-0.2, -0.15) is 0 Å². The van der Waals surface area contributed by atoms with E-state index in [4.69, 9.17) is 4.42 Å². The quantitative estimate of drug-likeness (QED) is 0.262. The van der Waals surface area contributed by atoms with Crippen LogP contribution in [-0.2, 0) is 17.9 Å². The number of carbonyl (C=O) groups is 1. The maximum atomic E-state index is 11.9. The number of amides is 1. The molecule has 8 heteroatoms. The van der Waals surface area contributed by atoms with Gasteiger partial charge >= 0.3 is 0 Å². The highest BCUT2D eigenvalue weighted by Gasteiger charge is 2.21. The second-order valence-electron chi connectivity index (χ2n) is 7.37. The van der Waals surface area contributed by atoms with Gasteiger partial charge in [0.1, 0.15) is 6.26 Å². The van der Waals surface area contributed by atoms with Crippen LogP contribution in [0.5, 0.6) is 0 Å². The third-order valence-electron chi connectivity index (χ3n) is 5.09. The van der Waals surface area contributed by atoms with Crippen molar-refractivity contribution in [2.45, 2.75) is 32.9 Å². The summed E-state index contributed by atoms with van der Waals surface area (Å²) in [5, 5.41) is 6.55. The molecule has 1 aliphatic rings. The molecule has 1 amide bonds. The number of halogens is 1. The van der Waals surface area contributed by atoms with Gasteiger partial charge in [0.15, 0.2) is 5.96 Å². The Morgan fingerprint density at radius 1 is 1.12 bits per heavy atom. The van der Waals surface area contributed by atoms with Gasteiger partial charge in [0, 0.05) is 30.8 Å². The van der Waals surface area contributed by atoms with Crippen molar-refractivity contribution < 1.29 is 9.21 Å². The summed E-state index contributed by atoms with van der Waals surface area (Å²) in [6, 6.07) is 17.9. The molecule has 7 nitrogen and oxygen atoms in total. The van der Waals surface area contributed by atoms with Gasteiger partial charge in [-0.3, -0.25) is 4.79 Å². The van der Waals surface area contributed by atoms with E-state index in [9.17, 15) is 4.79 Å². The first-order chi connectivity index (χ1) is 15.2. The molecule has 0 atom stereocenters. The predicted molar refractivity (Wildman–Crippen MR) is 137 cm³/mol. The molecular formula is C24H28IN5O2. The summed E-state index contributed by atoms with van der Waals surface area (Å²) in [6.45, 7) is 4.65. The van der Waals surface area contributed by atoms with Gasteiger partial charge in [-0.1, -0.05) is 30.3 Å². The minimum Gasteiger partial charge on any atom is -0.444 e. The molecule has 1 fully saturated rings. The number of rotatable bonds is 7. The Kier molecular flexibility index (Phi) is 8.66. The number of anilines is 1. The van der Waals surface area contributed by atoms with Gasteiger partial charge in [-0.15, -0.1) is 24.0 Å². The van der Waals surface area contributed by atoms with Crippen LogP contribution in [-0.4, -0.2) is 29.9 Å². The number of oxazole rings is 1. The molecule has 0 saturated carbocycles. The van der Waals surface area contributed by atoms with Crippen molar-refractivity contribution in [2.24, 2.45) is 4.99 Å². The number of hydrogen-bond donors (Lipinski definition) is 2. The largest absolute Gasteiger partial charge is 0.444 e. The molecule has 0 radical (unpaired) electrons. The molecule has 1 aromatic heterocycles. The summed E-state index contributed by atoms with van der Waals surface area (Å²) in [5.41, 5.74) is 3.80. The lowest BCUT2D eigenvalue weighted by atomic mass is 10.2. The summed E-state index contributed by atoms with van der Waals surface area (Å²) in [6.07, 6.45) is 3.24. The fourth-order valence-corrected chi connectivity index (χ4v) is 3.49. The van der Waals surface area contributed by atoms with E-state index in [-0.39, 0.29) is 29.9 Å². The van der Waals surface area contributed by atoms with Crippen LogP contribution in [0.25, 0.3) is 11.5 Å². The third-order valence-corrected chi connectivity index (χ3v) is 5.09. The fraction of sp³-hybridized carbons (Fsp3) is 0.292. The standard InChI is InChI=1S/C24H27N5O2.HI/c1-2-25-24(27-16-20-17-31-23(28-20)19-7-4-3-5-8-19)26-15-18-10-12-21(13-11-18)29-14-6-9-22(29)30;/h3-5,7-8,10-13,17H,2,6,9,14-16H2,1H3,(H2,25,26,27);1H. The first-order valence-electron chi connectivity index (χ1n) is 10.6. The van der Waals surface area contributed by atoms with E-state index in [0.717, 1.165) is 42.0 Å². The Morgan fingerprint density at radius 2 is 1.91 bits per heavy atom. The third kappa shape index (κ3) is 6.09. The maximum Gasteiger partial charge on any atom is 0.227 e. The summed E-state index contributed by atoms with van der Waals surface area (Å²) in [5.74, 6) is 1.52. The van der Waals surface area contributed by atoms with Gasteiger partial charge in [0.25, 0.3) is 0 Å². The number of guanidine groups is 1. The number of aliphatic imine (C=N–C) groups is 1. The molecule has 0 bridgehead atoms. The Bertz CT molecular complexity index is 1030. The zero-order chi connectivity index (χ0) is 21.5. The maximum absolute atomic E-state index is 11.9. The fourth-order valence-electron chi connectivity index (χ4n) is 3.49. The minimum atomic E-state index is 0. The molecule has 2 aromatic carbocycles. The lowest BCUT2D eigenvalue weighted by Crippen LogP contribution is -2.36. The number of nitrogens with one attached hydrogen (secondary N) is 2. The van der Waals surface area contributed by atoms with E-state index in [2.05, 4.69) is 20.6 Å². The van der Waals surface area contributed by atoms with Crippen LogP contribution in [0.4, 0.5) is 5.69 Å². The number of nitrogens with zero attached hydrogens (tertiary/aromatic N) is 3. The van der Waals surface area contributed by atoms with Crippen molar-refractivity contribution in [1.29, 1.82) is 0 Å². The molecule has 1 aliphatic heterocycles. The Morgan fingerprint density at radius 3 is 2.59 bits per heavy atom. The molecule has 32 heavy (non-hydrogen) atoms. The summed E-state index contributed by atoms with van der Waals surface area (Å²) in [4.78, 5) is 22.9. The summed E-state index contributed by atoms with van der Waals surface area (Å²) < 4.78 is 5.59. The molecule has 4 rings (SSSR count). The second kappa shape index (κ2) is 11.7. The molecule has 3 aromatic rings. The van der Waals surface area contributed by atoms with Gasteiger partial charge in [-0.25, -0.2) is 9.98 Å². The van der Waals surface area contributed by atoms with Crippen molar-refractivity contribution in [2.75, 3.05) is 18.0 Å². The number of carbonyl (C=O) groups excluding carboxylic acids is 1. The Labute approximate surface area is 205 Å². The molecule has 2 N–H and O–H groups in total. The van der Waals surface area contributed by atoms with Crippen LogP contribution in [0.1, 0.15) is 31.0 Å². The molecule has 0 aliphatic carbocycles. The predicted octanol–water partition coefficient (Wildman–Crippen LogP) is 4.34. The SMILES string of the molecule is CCNC(=NCc1ccc(N2CCCC2=O)cc1)NCc1coc(-c2ccccc2)n1.I. The topological polar surface area (TPSA) is 82.8 Å². The van der Waals surface area contributed by atoms with E-state index < -0.39 is 0 Å². The molecule has 0 unspecified atom stereocenters. The smallest absolute Gasteiger partial charge is 0.227 e. The second-order valence-corrected chi connectivity index (χ2v) is 7.37. The highest BCUT2D eigenvalue weighted by molar-refractivity contribution is 14.0. The van der Waals surface area contributed by atoms with Gasteiger partial charge in [0.05, 0.1) is 18.8 Å². The molecule has 2 heterocycles. The zero-order valence-electron chi connectivity index (χ0n) is 18.1. The summed E-state index contributed by atoms with van der Waals surface area (Å²) >= 11 is 0. The van der Waals surface area contributed by atoms with Crippen LogP contribution in [0, 0.1) is 0 Å². The highest BCUT2D eigenvalue weighted by Crippen LogP contribution is 2.22. The molecule has 168 valence electrons. The van der Waals surface area contributed by atoms with Crippen LogP contribution in [0.3, 0.4) is 0 Å². The van der Waals surface area contributed by atoms with Gasteiger partial charge in [-0.05, 0) is 43.2 Å². The first kappa shape index (κ1) is 23.8. The van der Waals surface area contributed by atoms with Crippen LogP contribution in [0.2, 0.25) is 0 Å². The Balaban J connectivity index is 0.00000289.